The van der Waals surface area contributed by atoms with E-state index in [0.29, 0.717) is 19.4 Å². The van der Waals surface area contributed by atoms with Gasteiger partial charge in [-0.3, -0.25) is 9.59 Å². The first-order valence-corrected chi connectivity index (χ1v) is 12.2. The molecule has 0 unspecified atom stereocenters. The molecule has 0 bridgehead atoms. The summed E-state index contributed by atoms with van der Waals surface area (Å²) in [4.78, 5) is 25.9. The fourth-order valence-electron chi connectivity index (χ4n) is 5.65. The smallest absolute Gasteiger partial charge is 0.161 e. The summed E-state index contributed by atoms with van der Waals surface area (Å²) in [5, 5.41) is 5.87. The topological polar surface area (TPSA) is 55.4 Å². The molecular formula is C30H27NO3. The van der Waals surface area contributed by atoms with Gasteiger partial charge in [-0.25, -0.2) is 0 Å². The average Bonchev–Trinajstić information content (AvgIpc) is 2.87. The SMILES string of the molecule is O=C1CCCC2=C1C(c1ccc(OCc3cccc4ccccc34)cc1)C1=C(CCCC1=O)N2. The van der Waals surface area contributed by atoms with Gasteiger partial charge in [0.1, 0.15) is 12.4 Å². The highest BCUT2D eigenvalue weighted by atomic mass is 16.5. The Kier molecular flexibility index (Phi) is 5.29. The Labute approximate surface area is 199 Å². The molecule has 3 aromatic rings. The van der Waals surface area contributed by atoms with Crippen molar-refractivity contribution >= 4 is 22.3 Å². The second-order valence-electron chi connectivity index (χ2n) is 9.39. The third kappa shape index (κ3) is 3.63. The van der Waals surface area contributed by atoms with Crippen LogP contribution in [0, 0.1) is 0 Å². The van der Waals surface area contributed by atoms with Gasteiger partial charge in [0, 0.05) is 41.3 Å². The largest absolute Gasteiger partial charge is 0.489 e. The number of nitrogens with one attached hydrogen (secondary N) is 1. The monoisotopic (exact) mass is 449 g/mol. The number of hydrogen-bond acceptors (Lipinski definition) is 4. The summed E-state index contributed by atoms with van der Waals surface area (Å²) in [6, 6.07) is 22.5. The van der Waals surface area contributed by atoms with Gasteiger partial charge in [-0.05, 0) is 59.7 Å². The van der Waals surface area contributed by atoms with E-state index in [0.717, 1.165) is 65.1 Å². The van der Waals surface area contributed by atoms with E-state index in [-0.39, 0.29) is 17.5 Å². The maximum atomic E-state index is 13.0. The van der Waals surface area contributed by atoms with Gasteiger partial charge in [0.2, 0.25) is 0 Å². The van der Waals surface area contributed by atoms with Gasteiger partial charge in [0.05, 0.1) is 0 Å². The minimum absolute atomic E-state index is 0.167. The minimum atomic E-state index is -0.265. The van der Waals surface area contributed by atoms with E-state index in [1.807, 2.05) is 36.4 Å². The summed E-state index contributed by atoms with van der Waals surface area (Å²) in [5.41, 5.74) is 5.77. The molecule has 3 aliphatic rings. The average molecular weight is 450 g/mol. The predicted octanol–water partition coefficient (Wildman–Crippen LogP) is 6.12. The van der Waals surface area contributed by atoms with E-state index in [1.54, 1.807) is 0 Å². The molecule has 0 spiro atoms. The molecule has 0 radical (unpaired) electrons. The van der Waals surface area contributed by atoms with Crippen LogP contribution in [0.4, 0.5) is 0 Å². The van der Waals surface area contributed by atoms with Gasteiger partial charge >= 0.3 is 0 Å². The van der Waals surface area contributed by atoms with E-state index in [1.165, 1.54) is 10.8 Å². The molecule has 6 rings (SSSR count). The number of dihydropyridines is 1. The molecule has 0 atom stereocenters. The van der Waals surface area contributed by atoms with Crippen LogP contribution in [0.25, 0.3) is 10.8 Å². The summed E-state index contributed by atoms with van der Waals surface area (Å²) >= 11 is 0. The molecule has 0 saturated heterocycles. The Bertz CT molecular complexity index is 1320. The van der Waals surface area contributed by atoms with Crippen molar-refractivity contribution in [3.8, 4) is 5.75 Å². The van der Waals surface area contributed by atoms with Crippen LogP contribution in [0.2, 0.25) is 0 Å². The van der Waals surface area contributed by atoms with Gasteiger partial charge in [0.15, 0.2) is 11.6 Å². The first-order chi connectivity index (χ1) is 16.7. The molecule has 3 aromatic carbocycles. The second kappa shape index (κ2) is 8.60. The number of Topliss-reactive ketones (excluding diaryl/α,β-unsaturated/α-hetero) is 2. The summed E-state index contributed by atoms with van der Waals surface area (Å²) in [7, 11) is 0. The number of benzene rings is 3. The van der Waals surface area contributed by atoms with Gasteiger partial charge in [-0.2, -0.15) is 0 Å². The molecular weight excluding hydrogens is 422 g/mol. The number of hydrogen-bond donors (Lipinski definition) is 1. The molecule has 170 valence electrons. The number of ether oxygens (including phenoxy) is 1. The quantitative estimate of drug-likeness (QED) is 0.521. The molecule has 4 nitrogen and oxygen atoms in total. The molecule has 1 aliphatic heterocycles. The number of allylic oxidation sites excluding steroid dienone is 4. The van der Waals surface area contributed by atoms with Crippen molar-refractivity contribution in [3.05, 3.63) is 100 Å². The molecule has 1 heterocycles. The van der Waals surface area contributed by atoms with Crippen LogP contribution >= 0.6 is 0 Å². The molecule has 4 heteroatoms. The zero-order valence-electron chi connectivity index (χ0n) is 19.1. The van der Waals surface area contributed by atoms with Gasteiger partial charge in [-0.1, -0.05) is 54.6 Å². The molecule has 0 amide bonds. The highest BCUT2D eigenvalue weighted by Crippen LogP contribution is 2.45. The maximum Gasteiger partial charge on any atom is 0.161 e. The van der Waals surface area contributed by atoms with Crippen molar-refractivity contribution in [2.75, 3.05) is 0 Å². The first kappa shape index (κ1) is 20.9. The number of carbonyl (C=O) groups excluding carboxylic acids is 2. The minimum Gasteiger partial charge on any atom is -0.489 e. The van der Waals surface area contributed by atoms with Crippen molar-refractivity contribution in [3.63, 3.8) is 0 Å². The molecule has 0 fully saturated rings. The second-order valence-corrected chi connectivity index (χ2v) is 9.39. The zero-order valence-corrected chi connectivity index (χ0v) is 19.1. The van der Waals surface area contributed by atoms with Crippen molar-refractivity contribution in [1.82, 2.24) is 5.32 Å². The standard InChI is InChI=1S/C30H27NO3/c32-26-12-4-10-24-29(26)28(30-25(31-24)11-5-13-27(30)33)20-14-16-22(17-15-20)34-18-21-8-3-7-19-6-1-2-9-23(19)21/h1-3,6-9,14-17,28,31H,4-5,10-13,18H2. The molecule has 0 aromatic heterocycles. The molecule has 2 aliphatic carbocycles. The lowest BCUT2D eigenvalue weighted by Crippen LogP contribution is -2.36. The van der Waals surface area contributed by atoms with E-state index in [9.17, 15) is 9.59 Å². The van der Waals surface area contributed by atoms with Gasteiger partial charge in [0.25, 0.3) is 0 Å². The van der Waals surface area contributed by atoms with Crippen LogP contribution in [0.5, 0.6) is 5.75 Å². The van der Waals surface area contributed by atoms with E-state index >= 15 is 0 Å². The van der Waals surface area contributed by atoms with Crippen molar-refractivity contribution in [1.29, 1.82) is 0 Å². The Hall–Kier alpha value is -3.66. The molecule has 0 saturated carbocycles. The van der Waals surface area contributed by atoms with E-state index in [2.05, 4.69) is 35.6 Å². The Morgan fingerprint density at radius 2 is 1.38 bits per heavy atom. The number of fused-ring (bicyclic) bond motifs is 1. The summed E-state index contributed by atoms with van der Waals surface area (Å²) < 4.78 is 6.13. The zero-order chi connectivity index (χ0) is 23.1. The first-order valence-electron chi connectivity index (χ1n) is 12.2. The normalized spacial score (nSPS) is 18.6. The van der Waals surface area contributed by atoms with Crippen molar-refractivity contribution in [2.45, 2.75) is 51.0 Å². The Morgan fingerprint density at radius 3 is 2.09 bits per heavy atom. The van der Waals surface area contributed by atoms with Gasteiger partial charge in [-0.15, -0.1) is 0 Å². The number of carbonyl (C=O) groups is 2. The van der Waals surface area contributed by atoms with Crippen LogP contribution in [0.3, 0.4) is 0 Å². The van der Waals surface area contributed by atoms with Crippen molar-refractivity contribution in [2.24, 2.45) is 0 Å². The molecule has 1 N–H and O–H groups in total. The lowest BCUT2D eigenvalue weighted by Gasteiger charge is -2.37. The fourth-order valence-corrected chi connectivity index (χ4v) is 5.65. The van der Waals surface area contributed by atoms with Crippen LogP contribution in [0.15, 0.2) is 89.3 Å². The summed E-state index contributed by atoms with van der Waals surface area (Å²) in [6.07, 6.45) is 4.59. The molecule has 34 heavy (non-hydrogen) atoms. The van der Waals surface area contributed by atoms with Crippen LogP contribution in [0.1, 0.15) is 55.6 Å². The Balaban J connectivity index is 1.30. The number of ketones is 2. The van der Waals surface area contributed by atoms with E-state index in [4.69, 9.17) is 4.74 Å². The third-order valence-corrected chi connectivity index (χ3v) is 7.28. The lowest BCUT2D eigenvalue weighted by molar-refractivity contribution is -0.116. The van der Waals surface area contributed by atoms with Crippen LogP contribution in [-0.4, -0.2) is 11.6 Å². The Morgan fingerprint density at radius 1 is 0.735 bits per heavy atom. The summed E-state index contributed by atoms with van der Waals surface area (Å²) in [5.74, 6) is 0.845. The lowest BCUT2D eigenvalue weighted by atomic mass is 9.71. The summed E-state index contributed by atoms with van der Waals surface area (Å²) in [6.45, 7) is 0.482. The third-order valence-electron chi connectivity index (χ3n) is 7.28. The number of rotatable bonds is 4. The highest BCUT2D eigenvalue weighted by molar-refractivity contribution is 6.06. The van der Waals surface area contributed by atoms with Crippen LogP contribution < -0.4 is 10.1 Å². The fraction of sp³-hybridized carbons (Fsp3) is 0.267. The predicted molar refractivity (Wildman–Crippen MR) is 132 cm³/mol. The van der Waals surface area contributed by atoms with Crippen molar-refractivity contribution < 1.29 is 14.3 Å². The van der Waals surface area contributed by atoms with Gasteiger partial charge < -0.3 is 10.1 Å². The maximum absolute atomic E-state index is 13.0. The highest BCUT2D eigenvalue weighted by Gasteiger charge is 2.40. The van der Waals surface area contributed by atoms with Crippen LogP contribution in [-0.2, 0) is 16.2 Å². The van der Waals surface area contributed by atoms with E-state index < -0.39 is 0 Å².